The molecule has 1 aliphatic rings. The summed E-state index contributed by atoms with van der Waals surface area (Å²) in [5.41, 5.74) is 4.25. The van der Waals surface area contributed by atoms with E-state index in [1.165, 1.54) is 0 Å². The highest BCUT2D eigenvalue weighted by atomic mass is 32.2. The Balaban J connectivity index is 1.45. The van der Waals surface area contributed by atoms with Crippen LogP contribution in [-0.4, -0.2) is 57.0 Å². The highest BCUT2D eigenvalue weighted by Crippen LogP contribution is 2.31. The van der Waals surface area contributed by atoms with Crippen molar-refractivity contribution in [2.45, 2.75) is 31.7 Å². The van der Waals surface area contributed by atoms with Gasteiger partial charge in [0.25, 0.3) is 11.5 Å². The summed E-state index contributed by atoms with van der Waals surface area (Å²) in [6.45, 7) is 8.31. The summed E-state index contributed by atoms with van der Waals surface area (Å²) in [5.74, 6) is 0.805. The topological polar surface area (TPSA) is 87.5 Å². The van der Waals surface area contributed by atoms with Crippen LogP contribution in [0.4, 0.5) is 11.5 Å². The molecule has 2 aromatic heterocycles. The normalized spacial score (nSPS) is 15.2. The summed E-state index contributed by atoms with van der Waals surface area (Å²) in [4.78, 5) is 35.6. The van der Waals surface area contributed by atoms with Gasteiger partial charge in [-0.05, 0) is 73.7 Å². The average molecular weight is 558 g/mol. The Hall–Kier alpha value is -3.98. The highest BCUT2D eigenvalue weighted by Gasteiger charge is 2.25. The minimum atomic E-state index is -1.13. The third kappa shape index (κ3) is 5.38. The predicted molar refractivity (Wildman–Crippen MR) is 162 cm³/mol. The lowest BCUT2D eigenvalue weighted by atomic mass is 9.97. The van der Waals surface area contributed by atoms with Crippen LogP contribution < -0.4 is 15.8 Å². The molecule has 0 aliphatic carbocycles. The van der Waals surface area contributed by atoms with Crippen molar-refractivity contribution in [2.75, 3.05) is 42.7 Å². The molecule has 40 heavy (non-hydrogen) atoms. The Bertz CT molecular complexity index is 1660. The van der Waals surface area contributed by atoms with Crippen LogP contribution in [-0.2, 0) is 17.8 Å². The molecule has 8 nitrogen and oxygen atoms in total. The van der Waals surface area contributed by atoms with Crippen molar-refractivity contribution < 1.29 is 9.00 Å². The second kappa shape index (κ2) is 11.3. The number of pyridine rings is 2. The molecule has 0 bridgehead atoms. The van der Waals surface area contributed by atoms with Crippen molar-refractivity contribution in [1.29, 1.82) is 0 Å². The van der Waals surface area contributed by atoms with Gasteiger partial charge in [0.1, 0.15) is 5.82 Å². The van der Waals surface area contributed by atoms with E-state index in [0.717, 1.165) is 38.6 Å². The summed E-state index contributed by atoms with van der Waals surface area (Å²) in [6.07, 6.45) is 3.31. The molecule has 1 saturated heterocycles. The summed E-state index contributed by atoms with van der Waals surface area (Å²) in [6, 6.07) is 17.3. The average Bonchev–Trinajstić information content (AvgIpc) is 2.95. The molecule has 1 amide bonds. The lowest BCUT2D eigenvalue weighted by Crippen LogP contribution is -2.49. The van der Waals surface area contributed by atoms with Gasteiger partial charge in [0.2, 0.25) is 0 Å². The van der Waals surface area contributed by atoms with Crippen molar-refractivity contribution >= 4 is 39.0 Å². The maximum atomic E-state index is 13.6. The van der Waals surface area contributed by atoms with Crippen molar-refractivity contribution in [2.24, 2.45) is 7.05 Å². The number of hydrogen-bond acceptors (Lipinski definition) is 6. The second-order valence-corrected chi connectivity index (χ2v) is 11.8. The SMILES string of the molecule is Cc1cc([C@@H](C)Nc2ccccc2S(C)=O)c2cc(N3CCN(C(=O)c4ccc(C)nc4)CC3)n(C)c(=O)c2c1. The number of para-hydroxylation sites is 1. The third-order valence-electron chi connectivity index (χ3n) is 7.59. The number of nitrogens with zero attached hydrogens (tertiary/aromatic N) is 4. The van der Waals surface area contributed by atoms with Gasteiger partial charge in [-0.1, -0.05) is 18.2 Å². The molecule has 1 N–H and O–H groups in total. The van der Waals surface area contributed by atoms with Gasteiger partial charge < -0.3 is 15.1 Å². The summed E-state index contributed by atoms with van der Waals surface area (Å²) < 4.78 is 14.0. The Labute approximate surface area is 237 Å². The molecule has 1 fully saturated rings. The standard InChI is InChI=1S/C31H35N5O3S/c1-20-16-24(22(3)33-27-8-6-7-9-28(27)40(5)39)25-18-29(34(4)31(38)26(25)17-20)35-12-14-36(15-13-35)30(37)23-11-10-21(2)32-19-23/h6-11,16-19,22,33H,12-15H2,1-5H3/t22-,40?/m1/s1. The third-order valence-corrected chi connectivity index (χ3v) is 8.57. The summed E-state index contributed by atoms with van der Waals surface area (Å²) in [5, 5.41) is 5.09. The molecule has 0 radical (unpaired) electrons. The predicted octanol–water partition coefficient (Wildman–Crippen LogP) is 4.42. The van der Waals surface area contributed by atoms with Crippen molar-refractivity contribution in [3.8, 4) is 0 Å². The van der Waals surface area contributed by atoms with Crippen LogP contribution in [0.25, 0.3) is 10.8 Å². The van der Waals surface area contributed by atoms with E-state index in [1.54, 1.807) is 17.0 Å². The number of nitrogens with one attached hydrogen (secondary N) is 1. The van der Waals surface area contributed by atoms with E-state index >= 15 is 0 Å². The first-order chi connectivity index (χ1) is 19.1. The fourth-order valence-corrected chi connectivity index (χ4v) is 6.11. The largest absolute Gasteiger partial charge is 0.378 e. The highest BCUT2D eigenvalue weighted by molar-refractivity contribution is 7.84. The number of rotatable bonds is 6. The minimum Gasteiger partial charge on any atom is -0.378 e. The van der Waals surface area contributed by atoms with Gasteiger partial charge in [-0.25, -0.2) is 0 Å². The lowest BCUT2D eigenvalue weighted by Gasteiger charge is -2.37. The summed E-state index contributed by atoms with van der Waals surface area (Å²) >= 11 is 0. The number of aryl methyl sites for hydroxylation is 2. The van der Waals surface area contributed by atoms with E-state index in [2.05, 4.69) is 34.3 Å². The molecule has 5 rings (SSSR count). The number of hydrogen-bond donors (Lipinski definition) is 1. The molecule has 2 aromatic carbocycles. The van der Waals surface area contributed by atoms with Gasteiger partial charge in [-0.2, -0.15) is 0 Å². The first kappa shape index (κ1) is 27.6. The number of fused-ring (bicyclic) bond motifs is 1. The van der Waals surface area contributed by atoms with Gasteiger partial charge in [0.05, 0.1) is 26.9 Å². The monoisotopic (exact) mass is 557 g/mol. The fraction of sp³-hybridized carbons (Fsp3) is 0.323. The van der Waals surface area contributed by atoms with E-state index < -0.39 is 10.8 Å². The molecular formula is C31H35N5O3S. The van der Waals surface area contributed by atoms with Gasteiger partial charge in [-0.15, -0.1) is 0 Å². The Morgan fingerprint density at radius 2 is 1.73 bits per heavy atom. The number of carbonyl (C=O) groups is 1. The number of carbonyl (C=O) groups excluding carboxylic acids is 1. The number of benzene rings is 2. The molecule has 1 aliphatic heterocycles. The van der Waals surface area contributed by atoms with Crippen LogP contribution in [0.15, 0.2) is 70.5 Å². The van der Waals surface area contributed by atoms with Crippen molar-refractivity contribution in [3.63, 3.8) is 0 Å². The molecule has 9 heteroatoms. The van der Waals surface area contributed by atoms with E-state index in [1.807, 2.05) is 68.3 Å². The van der Waals surface area contributed by atoms with Gasteiger partial charge in [0, 0.05) is 62.8 Å². The molecule has 208 valence electrons. The summed E-state index contributed by atoms with van der Waals surface area (Å²) in [7, 11) is 0.676. The van der Waals surface area contributed by atoms with Crippen LogP contribution in [0.3, 0.4) is 0 Å². The number of piperazine rings is 1. The Morgan fingerprint density at radius 3 is 2.40 bits per heavy atom. The first-order valence-electron chi connectivity index (χ1n) is 13.4. The molecule has 0 saturated carbocycles. The lowest BCUT2D eigenvalue weighted by molar-refractivity contribution is 0.0746. The molecular weight excluding hydrogens is 522 g/mol. The quantitative estimate of drug-likeness (QED) is 0.378. The van der Waals surface area contributed by atoms with Crippen LogP contribution in [0.2, 0.25) is 0 Å². The number of aromatic nitrogens is 2. The minimum absolute atomic E-state index is 0.0227. The molecule has 0 spiro atoms. The van der Waals surface area contributed by atoms with Crippen LogP contribution in [0, 0.1) is 13.8 Å². The van der Waals surface area contributed by atoms with E-state index in [9.17, 15) is 13.8 Å². The smallest absolute Gasteiger partial charge is 0.259 e. The zero-order valence-electron chi connectivity index (χ0n) is 23.6. The van der Waals surface area contributed by atoms with Crippen LogP contribution in [0.1, 0.15) is 40.1 Å². The maximum absolute atomic E-state index is 13.6. The zero-order valence-corrected chi connectivity index (χ0v) is 24.4. The van der Waals surface area contributed by atoms with Crippen molar-refractivity contribution in [1.82, 2.24) is 14.5 Å². The van der Waals surface area contributed by atoms with E-state index in [0.29, 0.717) is 37.1 Å². The van der Waals surface area contributed by atoms with Gasteiger partial charge in [0.15, 0.2) is 0 Å². The van der Waals surface area contributed by atoms with Crippen LogP contribution in [0.5, 0.6) is 0 Å². The van der Waals surface area contributed by atoms with Crippen LogP contribution >= 0.6 is 0 Å². The molecule has 1 unspecified atom stereocenters. The Morgan fingerprint density at radius 1 is 1.00 bits per heavy atom. The van der Waals surface area contributed by atoms with E-state index in [-0.39, 0.29) is 17.5 Å². The van der Waals surface area contributed by atoms with Gasteiger partial charge >= 0.3 is 0 Å². The second-order valence-electron chi connectivity index (χ2n) is 10.5. The number of anilines is 2. The Kier molecular flexibility index (Phi) is 7.76. The van der Waals surface area contributed by atoms with E-state index in [4.69, 9.17) is 0 Å². The fourth-order valence-electron chi connectivity index (χ4n) is 5.40. The zero-order chi connectivity index (χ0) is 28.6. The first-order valence-corrected chi connectivity index (χ1v) is 15.0. The number of amides is 1. The maximum Gasteiger partial charge on any atom is 0.259 e. The molecule has 4 aromatic rings. The van der Waals surface area contributed by atoms with Gasteiger partial charge in [-0.3, -0.25) is 23.3 Å². The molecule has 3 heterocycles. The van der Waals surface area contributed by atoms with Crippen molar-refractivity contribution in [3.05, 3.63) is 93.5 Å². The molecule has 2 atom stereocenters.